The molecule has 0 saturated heterocycles. The van der Waals surface area contributed by atoms with E-state index in [4.69, 9.17) is 0 Å². The summed E-state index contributed by atoms with van der Waals surface area (Å²) in [7, 11) is 0. The average molecular weight is 282 g/mol. The van der Waals surface area contributed by atoms with Gasteiger partial charge in [-0.3, -0.25) is 0 Å². The van der Waals surface area contributed by atoms with E-state index in [1.807, 2.05) is 6.26 Å². The highest BCUT2D eigenvalue weighted by atomic mass is 79.9. The molecule has 0 saturated carbocycles. The Kier molecular flexibility index (Phi) is 4.68. The highest BCUT2D eigenvalue weighted by Gasteiger charge is 2.09. The molecule has 0 spiro atoms. The molecular weight excluding hydrogens is 272 g/mol. The van der Waals surface area contributed by atoms with E-state index < -0.39 is 11.6 Å². The van der Waals surface area contributed by atoms with E-state index in [2.05, 4.69) is 21.2 Å². The summed E-state index contributed by atoms with van der Waals surface area (Å²) in [5, 5.41) is 2.72. The van der Waals surface area contributed by atoms with Crippen LogP contribution in [0, 0.1) is 11.6 Å². The Morgan fingerprint density at radius 3 is 2.43 bits per heavy atom. The van der Waals surface area contributed by atoms with Crippen molar-refractivity contribution in [2.75, 3.05) is 23.9 Å². The number of benzene rings is 1. The molecule has 0 aliphatic rings. The lowest BCUT2D eigenvalue weighted by Crippen LogP contribution is -2.07. The quantitative estimate of drug-likeness (QED) is 0.848. The van der Waals surface area contributed by atoms with E-state index in [0.717, 1.165) is 5.75 Å². The molecule has 1 rings (SSSR count). The summed E-state index contributed by atoms with van der Waals surface area (Å²) in [5.74, 6) is -0.328. The van der Waals surface area contributed by atoms with Crippen LogP contribution in [0.3, 0.4) is 0 Å². The smallest absolute Gasteiger partial charge is 0.150 e. The zero-order valence-electron chi connectivity index (χ0n) is 7.61. The molecule has 0 amide bonds. The van der Waals surface area contributed by atoms with Crippen molar-refractivity contribution in [3.63, 3.8) is 0 Å². The van der Waals surface area contributed by atoms with Gasteiger partial charge in [0.15, 0.2) is 0 Å². The van der Waals surface area contributed by atoms with E-state index >= 15 is 0 Å². The highest BCUT2D eigenvalue weighted by molar-refractivity contribution is 9.10. The van der Waals surface area contributed by atoms with Gasteiger partial charge in [0.05, 0.1) is 0 Å². The van der Waals surface area contributed by atoms with Crippen molar-refractivity contribution in [1.29, 1.82) is 0 Å². The van der Waals surface area contributed by atoms with Gasteiger partial charge in [0.1, 0.15) is 17.3 Å². The third-order valence-corrected chi connectivity index (χ3v) is 2.69. The predicted molar refractivity (Wildman–Crippen MR) is 60.9 cm³/mol. The van der Waals surface area contributed by atoms with E-state index in [0.29, 0.717) is 11.0 Å². The Morgan fingerprint density at radius 1 is 1.36 bits per heavy atom. The minimum absolute atomic E-state index is 0.0535. The van der Waals surface area contributed by atoms with Crippen molar-refractivity contribution in [2.24, 2.45) is 0 Å². The molecule has 0 unspecified atom stereocenters. The molecule has 0 fully saturated rings. The van der Waals surface area contributed by atoms with Gasteiger partial charge in [0.25, 0.3) is 0 Å². The molecule has 0 bridgehead atoms. The molecule has 5 heteroatoms. The molecule has 0 aromatic heterocycles. The minimum Gasteiger partial charge on any atom is -0.379 e. The fourth-order valence-corrected chi connectivity index (χ4v) is 1.70. The fourth-order valence-electron chi connectivity index (χ4n) is 0.989. The molecule has 1 N–H and O–H groups in total. The van der Waals surface area contributed by atoms with Crippen molar-refractivity contribution in [2.45, 2.75) is 0 Å². The maximum atomic E-state index is 13.2. The topological polar surface area (TPSA) is 12.0 Å². The van der Waals surface area contributed by atoms with Crippen LogP contribution >= 0.6 is 27.7 Å². The summed E-state index contributed by atoms with van der Waals surface area (Å²) in [6.45, 7) is 0.552. The van der Waals surface area contributed by atoms with Gasteiger partial charge in [0.2, 0.25) is 0 Å². The first-order valence-electron chi connectivity index (χ1n) is 4.02. The first-order chi connectivity index (χ1) is 6.65. The first-order valence-corrected chi connectivity index (χ1v) is 6.21. The van der Waals surface area contributed by atoms with Crippen molar-refractivity contribution in [3.8, 4) is 0 Å². The number of anilines is 1. The maximum absolute atomic E-state index is 13.2. The molecule has 0 aliphatic carbocycles. The van der Waals surface area contributed by atoms with Crippen LogP contribution in [0.25, 0.3) is 0 Å². The van der Waals surface area contributed by atoms with Gasteiger partial charge < -0.3 is 5.32 Å². The SMILES string of the molecule is CSCCNc1c(F)cc(Br)cc1F. The van der Waals surface area contributed by atoms with Gasteiger partial charge in [0, 0.05) is 16.8 Å². The van der Waals surface area contributed by atoms with Crippen LogP contribution in [0.2, 0.25) is 0 Å². The molecular formula is C9H10BrF2NS. The van der Waals surface area contributed by atoms with Gasteiger partial charge in [-0.05, 0) is 18.4 Å². The number of halogens is 3. The van der Waals surface area contributed by atoms with Crippen LogP contribution < -0.4 is 5.32 Å². The van der Waals surface area contributed by atoms with E-state index in [1.165, 1.54) is 12.1 Å². The van der Waals surface area contributed by atoms with Crippen LogP contribution in [0.5, 0.6) is 0 Å². The highest BCUT2D eigenvalue weighted by Crippen LogP contribution is 2.23. The van der Waals surface area contributed by atoms with Gasteiger partial charge in [-0.15, -0.1) is 0 Å². The summed E-state index contributed by atoms with van der Waals surface area (Å²) in [4.78, 5) is 0. The van der Waals surface area contributed by atoms with Crippen molar-refractivity contribution < 1.29 is 8.78 Å². The zero-order chi connectivity index (χ0) is 10.6. The summed E-state index contributed by atoms with van der Waals surface area (Å²) in [6, 6.07) is 2.48. The van der Waals surface area contributed by atoms with Crippen LogP contribution in [-0.2, 0) is 0 Å². The Balaban J connectivity index is 2.75. The van der Waals surface area contributed by atoms with Gasteiger partial charge in [-0.2, -0.15) is 11.8 Å². The Hall–Kier alpha value is -0.290. The fraction of sp³-hybridized carbons (Fsp3) is 0.333. The van der Waals surface area contributed by atoms with E-state index in [-0.39, 0.29) is 5.69 Å². The lowest BCUT2D eigenvalue weighted by Gasteiger charge is -2.08. The molecule has 14 heavy (non-hydrogen) atoms. The summed E-state index contributed by atoms with van der Waals surface area (Å²) in [6.07, 6.45) is 1.94. The lowest BCUT2D eigenvalue weighted by molar-refractivity contribution is 0.587. The molecule has 1 aromatic carbocycles. The van der Waals surface area contributed by atoms with Crippen LogP contribution in [0.1, 0.15) is 0 Å². The monoisotopic (exact) mass is 281 g/mol. The van der Waals surface area contributed by atoms with Crippen LogP contribution in [0.15, 0.2) is 16.6 Å². The Labute approximate surface area is 94.4 Å². The molecule has 78 valence electrons. The van der Waals surface area contributed by atoms with Crippen molar-refractivity contribution >= 4 is 33.4 Å². The van der Waals surface area contributed by atoms with E-state index in [9.17, 15) is 8.78 Å². The number of hydrogen-bond donors (Lipinski definition) is 1. The summed E-state index contributed by atoms with van der Waals surface area (Å²) in [5.41, 5.74) is -0.0535. The lowest BCUT2D eigenvalue weighted by atomic mass is 10.3. The maximum Gasteiger partial charge on any atom is 0.150 e. The Morgan fingerprint density at radius 2 is 1.93 bits per heavy atom. The molecule has 0 heterocycles. The van der Waals surface area contributed by atoms with Gasteiger partial charge in [-0.1, -0.05) is 15.9 Å². The van der Waals surface area contributed by atoms with Gasteiger partial charge >= 0.3 is 0 Å². The molecule has 1 nitrogen and oxygen atoms in total. The standard InChI is InChI=1S/C9H10BrF2NS/c1-14-3-2-13-9-7(11)4-6(10)5-8(9)12/h4-5,13H,2-3H2,1H3. The third kappa shape index (κ3) is 3.13. The number of thioether (sulfide) groups is 1. The predicted octanol–water partition coefficient (Wildman–Crippen LogP) is 3.50. The number of hydrogen-bond acceptors (Lipinski definition) is 2. The third-order valence-electron chi connectivity index (χ3n) is 1.61. The van der Waals surface area contributed by atoms with E-state index in [1.54, 1.807) is 11.8 Å². The van der Waals surface area contributed by atoms with Gasteiger partial charge in [-0.25, -0.2) is 8.78 Å². The van der Waals surface area contributed by atoms with Crippen LogP contribution in [-0.4, -0.2) is 18.6 Å². The second-order valence-electron chi connectivity index (χ2n) is 2.66. The average Bonchev–Trinajstić information content (AvgIpc) is 2.09. The number of nitrogens with one attached hydrogen (secondary N) is 1. The molecule has 0 aliphatic heterocycles. The number of rotatable bonds is 4. The van der Waals surface area contributed by atoms with Crippen molar-refractivity contribution in [1.82, 2.24) is 0 Å². The zero-order valence-corrected chi connectivity index (χ0v) is 10.0. The molecule has 1 aromatic rings. The molecule has 0 radical (unpaired) electrons. The first kappa shape index (κ1) is 11.8. The normalized spacial score (nSPS) is 10.3. The summed E-state index contributed by atoms with van der Waals surface area (Å²) < 4.78 is 26.8. The Bertz CT molecular complexity index is 297. The second kappa shape index (κ2) is 5.56. The second-order valence-corrected chi connectivity index (χ2v) is 4.57. The molecule has 0 atom stereocenters. The minimum atomic E-state index is -0.571. The summed E-state index contributed by atoms with van der Waals surface area (Å²) >= 11 is 4.64. The van der Waals surface area contributed by atoms with Crippen molar-refractivity contribution in [3.05, 3.63) is 28.2 Å². The van der Waals surface area contributed by atoms with Crippen LogP contribution in [0.4, 0.5) is 14.5 Å². The largest absolute Gasteiger partial charge is 0.379 e.